The molecule has 2 heterocycles. The van der Waals surface area contributed by atoms with E-state index in [0.29, 0.717) is 23.3 Å². The fraction of sp³-hybridized carbons (Fsp3) is 0.391. The van der Waals surface area contributed by atoms with E-state index in [1.165, 1.54) is 43.1 Å². The second-order valence-corrected chi connectivity index (χ2v) is 7.80. The van der Waals surface area contributed by atoms with Gasteiger partial charge in [0.05, 0.1) is 12.3 Å². The van der Waals surface area contributed by atoms with Gasteiger partial charge in [0.2, 0.25) is 5.88 Å². The average molecular weight is 396 g/mol. The van der Waals surface area contributed by atoms with Gasteiger partial charge >= 0.3 is 0 Å². The highest BCUT2D eigenvalue weighted by Crippen LogP contribution is 2.29. The maximum absolute atomic E-state index is 6.41. The first-order valence-corrected chi connectivity index (χ1v) is 10.5. The first-order chi connectivity index (χ1) is 13.7. The summed E-state index contributed by atoms with van der Waals surface area (Å²) in [7, 11) is 0. The number of piperidine rings is 1. The molecule has 0 bridgehead atoms. The molecule has 0 unspecified atom stereocenters. The van der Waals surface area contributed by atoms with Gasteiger partial charge < -0.3 is 9.64 Å². The van der Waals surface area contributed by atoms with Gasteiger partial charge in [0, 0.05) is 12.1 Å². The van der Waals surface area contributed by atoms with Crippen LogP contribution in [-0.2, 0) is 0 Å². The fourth-order valence-electron chi connectivity index (χ4n) is 3.73. The van der Waals surface area contributed by atoms with Crippen LogP contribution in [0, 0.1) is 6.92 Å². The topological polar surface area (TPSA) is 38.3 Å². The molecule has 5 heteroatoms. The molecule has 1 aliphatic rings. The third-order valence-electron chi connectivity index (χ3n) is 5.30. The van der Waals surface area contributed by atoms with Gasteiger partial charge in [-0.3, -0.25) is 0 Å². The Bertz CT molecular complexity index is 954. The van der Waals surface area contributed by atoms with Crippen molar-refractivity contribution in [3.05, 3.63) is 53.2 Å². The number of fused-ring (bicyclic) bond motifs is 1. The van der Waals surface area contributed by atoms with Gasteiger partial charge in [-0.25, -0.2) is 4.98 Å². The van der Waals surface area contributed by atoms with Gasteiger partial charge in [-0.1, -0.05) is 54.4 Å². The number of aryl methyl sites for hydroxylation is 1. The molecular weight excluding hydrogens is 370 g/mol. The molecule has 1 aliphatic heterocycles. The third-order valence-corrected chi connectivity index (χ3v) is 5.74. The third kappa shape index (κ3) is 4.45. The zero-order valence-corrected chi connectivity index (χ0v) is 17.1. The number of nitrogens with zero attached hydrogens (tertiary/aromatic N) is 3. The van der Waals surface area contributed by atoms with Gasteiger partial charge in [-0.05, 0) is 56.1 Å². The first-order valence-electron chi connectivity index (χ1n) is 10.1. The molecule has 0 radical (unpaired) electrons. The number of likely N-dealkylation sites (tertiary alicyclic amines) is 1. The monoisotopic (exact) mass is 395 g/mol. The van der Waals surface area contributed by atoms with E-state index >= 15 is 0 Å². The summed E-state index contributed by atoms with van der Waals surface area (Å²) in [6.07, 6.45) is 4.96. The van der Waals surface area contributed by atoms with Crippen LogP contribution in [0.25, 0.3) is 22.2 Å². The lowest BCUT2D eigenvalue weighted by Gasteiger charge is -2.26. The maximum atomic E-state index is 6.41. The minimum absolute atomic E-state index is 0.482. The molecular formula is C23H26ClN3O. The highest BCUT2D eigenvalue weighted by molar-refractivity contribution is 6.32. The van der Waals surface area contributed by atoms with Crippen LogP contribution in [-0.4, -0.2) is 41.1 Å². The predicted molar refractivity (Wildman–Crippen MR) is 115 cm³/mol. The van der Waals surface area contributed by atoms with E-state index in [0.717, 1.165) is 24.2 Å². The van der Waals surface area contributed by atoms with Crippen LogP contribution < -0.4 is 4.74 Å². The summed E-state index contributed by atoms with van der Waals surface area (Å²) in [4.78, 5) is 11.7. The second-order valence-electron chi connectivity index (χ2n) is 7.42. The van der Waals surface area contributed by atoms with Gasteiger partial charge in [-0.2, -0.15) is 4.98 Å². The molecule has 2 aromatic carbocycles. The Kier molecular flexibility index (Phi) is 6.08. The van der Waals surface area contributed by atoms with Gasteiger partial charge in [-0.15, -0.1) is 0 Å². The van der Waals surface area contributed by atoms with E-state index in [-0.39, 0.29) is 0 Å². The van der Waals surface area contributed by atoms with Crippen molar-refractivity contribution < 1.29 is 4.74 Å². The highest BCUT2D eigenvalue weighted by atomic mass is 35.5. The minimum atomic E-state index is 0.482. The molecule has 0 amide bonds. The minimum Gasteiger partial charge on any atom is -0.476 e. The first kappa shape index (κ1) is 19.2. The van der Waals surface area contributed by atoms with Gasteiger partial charge in [0.1, 0.15) is 5.02 Å². The molecule has 4 rings (SSSR count). The standard InChI is InChI=1S/C23H26ClN3O/c1-17-21(24)23(28-15-7-14-27-12-5-2-6-13-27)26-22(25-17)20-11-10-18-8-3-4-9-19(18)16-20/h3-4,8-11,16H,2,5-7,12-15H2,1H3. The Morgan fingerprint density at radius 3 is 2.61 bits per heavy atom. The lowest BCUT2D eigenvalue weighted by molar-refractivity contribution is 0.203. The van der Waals surface area contributed by atoms with Crippen molar-refractivity contribution in [2.75, 3.05) is 26.2 Å². The molecule has 3 aromatic rings. The maximum Gasteiger partial charge on any atom is 0.236 e. The number of halogens is 1. The SMILES string of the molecule is Cc1nc(-c2ccc3ccccc3c2)nc(OCCCN2CCCCC2)c1Cl. The number of hydrogen-bond acceptors (Lipinski definition) is 4. The van der Waals surface area contributed by atoms with Crippen molar-refractivity contribution in [1.29, 1.82) is 0 Å². The van der Waals surface area contributed by atoms with E-state index in [9.17, 15) is 0 Å². The Morgan fingerprint density at radius 2 is 1.79 bits per heavy atom. The molecule has 0 atom stereocenters. The van der Waals surface area contributed by atoms with Crippen molar-refractivity contribution in [2.45, 2.75) is 32.6 Å². The molecule has 1 fully saturated rings. The van der Waals surface area contributed by atoms with Crippen molar-refractivity contribution >= 4 is 22.4 Å². The Morgan fingerprint density at radius 1 is 1.00 bits per heavy atom. The molecule has 28 heavy (non-hydrogen) atoms. The van der Waals surface area contributed by atoms with Crippen molar-refractivity contribution in [1.82, 2.24) is 14.9 Å². The quantitative estimate of drug-likeness (QED) is 0.515. The summed E-state index contributed by atoms with van der Waals surface area (Å²) in [5, 5.41) is 2.87. The molecule has 1 saturated heterocycles. The van der Waals surface area contributed by atoms with Crippen molar-refractivity contribution in [2.24, 2.45) is 0 Å². The molecule has 0 spiro atoms. The highest BCUT2D eigenvalue weighted by Gasteiger charge is 2.14. The molecule has 4 nitrogen and oxygen atoms in total. The van der Waals surface area contributed by atoms with Crippen LogP contribution in [0.5, 0.6) is 5.88 Å². The second kappa shape index (κ2) is 8.89. The van der Waals surface area contributed by atoms with Crippen molar-refractivity contribution in [3.63, 3.8) is 0 Å². The Balaban J connectivity index is 1.47. The number of ether oxygens (including phenoxy) is 1. The van der Waals surface area contributed by atoms with Crippen LogP contribution in [0.3, 0.4) is 0 Å². The van der Waals surface area contributed by atoms with E-state index in [2.05, 4.69) is 39.1 Å². The van der Waals surface area contributed by atoms with Crippen LogP contribution in [0.2, 0.25) is 5.02 Å². The lowest BCUT2D eigenvalue weighted by Crippen LogP contribution is -2.31. The van der Waals surface area contributed by atoms with E-state index < -0.39 is 0 Å². The fourth-order valence-corrected chi connectivity index (χ4v) is 3.87. The van der Waals surface area contributed by atoms with Crippen molar-refractivity contribution in [3.8, 4) is 17.3 Å². The molecule has 0 aliphatic carbocycles. The van der Waals surface area contributed by atoms with E-state index in [1.54, 1.807) is 0 Å². The van der Waals surface area contributed by atoms with Crippen LogP contribution in [0.15, 0.2) is 42.5 Å². The molecule has 1 aromatic heterocycles. The summed E-state index contributed by atoms with van der Waals surface area (Å²) in [5.74, 6) is 1.13. The van der Waals surface area contributed by atoms with Crippen LogP contribution in [0.4, 0.5) is 0 Å². The Hall–Kier alpha value is -2.17. The summed E-state index contributed by atoms with van der Waals surface area (Å²) < 4.78 is 5.95. The Labute approximate surface area is 171 Å². The summed E-state index contributed by atoms with van der Waals surface area (Å²) >= 11 is 6.41. The normalized spacial score (nSPS) is 15.1. The van der Waals surface area contributed by atoms with Crippen LogP contribution >= 0.6 is 11.6 Å². The summed E-state index contributed by atoms with van der Waals surface area (Å²) in [5.41, 5.74) is 1.71. The number of benzene rings is 2. The zero-order valence-electron chi connectivity index (χ0n) is 16.3. The largest absolute Gasteiger partial charge is 0.476 e. The summed E-state index contributed by atoms with van der Waals surface area (Å²) in [6, 6.07) is 14.5. The van der Waals surface area contributed by atoms with Gasteiger partial charge in [0.25, 0.3) is 0 Å². The zero-order chi connectivity index (χ0) is 19.3. The predicted octanol–water partition coefficient (Wildman–Crippen LogP) is 5.51. The molecule has 0 saturated carbocycles. The number of hydrogen-bond donors (Lipinski definition) is 0. The van der Waals surface area contributed by atoms with E-state index in [4.69, 9.17) is 16.3 Å². The number of rotatable bonds is 6. The number of aromatic nitrogens is 2. The lowest BCUT2D eigenvalue weighted by atomic mass is 10.1. The molecule has 0 N–H and O–H groups in total. The molecule has 146 valence electrons. The average Bonchev–Trinajstić information content (AvgIpc) is 2.74. The summed E-state index contributed by atoms with van der Waals surface area (Å²) in [6.45, 7) is 6.00. The van der Waals surface area contributed by atoms with Gasteiger partial charge in [0.15, 0.2) is 5.82 Å². The van der Waals surface area contributed by atoms with Crippen LogP contribution in [0.1, 0.15) is 31.4 Å². The smallest absolute Gasteiger partial charge is 0.236 e. The van der Waals surface area contributed by atoms with E-state index in [1.807, 2.05) is 25.1 Å².